The highest BCUT2D eigenvalue weighted by Gasteiger charge is 2.17. The van der Waals surface area contributed by atoms with Gasteiger partial charge in [0.2, 0.25) is 0 Å². The van der Waals surface area contributed by atoms with Crippen LogP contribution >= 0.6 is 15.9 Å². The van der Waals surface area contributed by atoms with Crippen molar-refractivity contribution >= 4 is 27.5 Å². The predicted molar refractivity (Wildman–Crippen MR) is 68.6 cm³/mol. The van der Waals surface area contributed by atoms with Gasteiger partial charge in [-0.25, -0.2) is 0 Å². The topological polar surface area (TPSA) is 72.2 Å². The number of nitrogens with zero attached hydrogens (tertiary/aromatic N) is 1. The average molecular weight is 301 g/mol. The molecule has 0 saturated heterocycles. The minimum absolute atomic E-state index is 0.0295. The molecule has 1 aromatic rings. The van der Waals surface area contributed by atoms with Crippen molar-refractivity contribution in [1.29, 1.82) is 0 Å². The summed E-state index contributed by atoms with van der Waals surface area (Å²) in [5, 5.41) is 14.2. The Balaban J connectivity index is 2.87. The van der Waals surface area contributed by atoms with E-state index in [0.29, 0.717) is 17.7 Å². The molecule has 1 amide bonds. The third kappa shape index (κ3) is 3.52. The Morgan fingerprint density at radius 1 is 1.53 bits per heavy atom. The lowest BCUT2D eigenvalue weighted by atomic mass is 10.1. The van der Waals surface area contributed by atoms with Crippen LogP contribution in [0.1, 0.15) is 22.3 Å². The Kier molecular flexibility index (Phi) is 5.09. The van der Waals surface area contributed by atoms with Crippen molar-refractivity contribution < 1.29 is 9.72 Å². The van der Waals surface area contributed by atoms with Gasteiger partial charge >= 0.3 is 0 Å². The highest BCUT2D eigenvalue weighted by Crippen LogP contribution is 2.20. The molecule has 5 nitrogen and oxygen atoms in total. The van der Waals surface area contributed by atoms with Gasteiger partial charge in [0.1, 0.15) is 0 Å². The van der Waals surface area contributed by atoms with Gasteiger partial charge in [-0.15, -0.1) is 0 Å². The standard InChI is InChI=1S/C11H13BrN2O3/c1-8-9(11(15)13-7-3-6-12)4-2-5-10(8)14(16)17/h2,4-5H,3,6-7H2,1H3,(H,13,15). The van der Waals surface area contributed by atoms with Gasteiger partial charge < -0.3 is 5.32 Å². The fraction of sp³-hybridized carbons (Fsp3) is 0.364. The minimum atomic E-state index is -0.482. The quantitative estimate of drug-likeness (QED) is 0.393. The maximum atomic E-state index is 11.8. The number of halogens is 1. The maximum Gasteiger partial charge on any atom is 0.273 e. The second-order valence-corrected chi connectivity index (χ2v) is 4.30. The third-order valence-electron chi connectivity index (χ3n) is 2.34. The van der Waals surface area contributed by atoms with Crippen molar-refractivity contribution in [2.24, 2.45) is 0 Å². The molecule has 1 rings (SSSR count). The fourth-order valence-electron chi connectivity index (χ4n) is 1.43. The molecule has 0 radical (unpaired) electrons. The normalized spacial score (nSPS) is 10.0. The van der Waals surface area contributed by atoms with E-state index in [9.17, 15) is 14.9 Å². The van der Waals surface area contributed by atoms with E-state index in [1.807, 2.05) is 0 Å². The van der Waals surface area contributed by atoms with Gasteiger partial charge in [-0.05, 0) is 19.4 Å². The first-order valence-corrected chi connectivity index (χ1v) is 6.28. The van der Waals surface area contributed by atoms with Crippen LogP contribution in [-0.4, -0.2) is 22.7 Å². The molecule has 17 heavy (non-hydrogen) atoms. The fourth-order valence-corrected chi connectivity index (χ4v) is 1.71. The van der Waals surface area contributed by atoms with E-state index in [2.05, 4.69) is 21.2 Å². The number of alkyl halides is 1. The molecule has 0 saturated carbocycles. The van der Waals surface area contributed by atoms with Gasteiger partial charge in [0.05, 0.1) is 4.92 Å². The summed E-state index contributed by atoms with van der Waals surface area (Å²) in [6, 6.07) is 4.50. The lowest BCUT2D eigenvalue weighted by Gasteiger charge is -2.07. The number of carbonyl (C=O) groups excluding carboxylic acids is 1. The number of amides is 1. The van der Waals surface area contributed by atoms with Crippen LogP contribution in [0.2, 0.25) is 0 Å². The van der Waals surface area contributed by atoms with Crippen molar-refractivity contribution in [3.8, 4) is 0 Å². The Bertz CT molecular complexity index is 435. The number of nitro groups is 1. The second-order valence-electron chi connectivity index (χ2n) is 3.51. The molecule has 0 unspecified atom stereocenters. The van der Waals surface area contributed by atoms with Crippen LogP contribution in [-0.2, 0) is 0 Å². The smallest absolute Gasteiger partial charge is 0.273 e. The summed E-state index contributed by atoms with van der Waals surface area (Å²) in [6.07, 6.45) is 0.819. The summed E-state index contributed by atoms with van der Waals surface area (Å²) >= 11 is 3.26. The van der Waals surface area contributed by atoms with Crippen molar-refractivity contribution in [1.82, 2.24) is 5.32 Å². The molecule has 0 fully saturated rings. The van der Waals surface area contributed by atoms with Crippen LogP contribution in [0.3, 0.4) is 0 Å². The first-order valence-electron chi connectivity index (χ1n) is 5.16. The van der Waals surface area contributed by atoms with E-state index in [0.717, 1.165) is 11.8 Å². The largest absolute Gasteiger partial charge is 0.352 e. The summed E-state index contributed by atoms with van der Waals surface area (Å²) in [7, 11) is 0. The van der Waals surface area contributed by atoms with Crippen LogP contribution in [0.4, 0.5) is 5.69 Å². The van der Waals surface area contributed by atoms with E-state index in [1.165, 1.54) is 12.1 Å². The molecule has 0 aliphatic carbocycles. The van der Waals surface area contributed by atoms with Gasteiger partial charge in [0, 0.05) is 29.1 Å². The Labute approximate surface area is 107 Å². The number of nitrogens with one attached hydrogen (secondary N) is 1. The van der Waals surface area contributed by atoms with Crippen molar-refractivity contribution in [3.05, 3.63) is 39.4 Å². The van der Waals surface area contributed by atoms with E-state index >= 15 is 0 Å². The molecular weight excluding hydrogens is 288 g/mol. The lowest BCUT2D eigenvalue weighted by Crippen LogP contribution is -2.25. The monoisotopic (exact) mass is 300 g/mol. The zero-order valence-electron chi connectivity index (χ0n) is 9.40. The highest BCUT2D eigenvalue weighted by molar-refractivity contribution is 9.09. The molecule has 0 aliphatic rings. The van der Waals surface area contributed by atoms with E-state index in [4.69, 9.17) is 0 Å². The van der Waals surface area contributed by atoms with E-state index in [1.54, 1.807) is 13.0 Å². The van der Waals surface area contributed by atoms with Gasteiger partial charge in [-0.2, -0.15) is 0 Å². The predicted octanol–water partition coefficient (Wildman–Crippen LogP) is 2.42. The van der Waals surface area contributed by atoms with Gasteiger partial charge in [-0.3, -0.25) is 14.9 Å². The molecule has 0 atom stereocenters. The van der Waals surface area contributed by atoms with Crippen molar-refractivity contribution in [3.63, 3.8) is 0 Å². The summed E-state index contributed by atoms with van der Waals surface area (Å²) in [6.45, 7) is 2.13. The van der Waals surface area contributed by atoms with Crippen LogP contribution in [0.25, 0.3) is 0 Å². The maximum absolute atomic E-state index is 11.8. The molecule has 0 heterocycles. The number of benzene rings is 1. The Morgan fingerprint density at radius 3 is 2.82 bits per heavy atom. The average Bonchev–Trinajstić information content (AvgIpc) is 2.29. The summed E-state index contributed by atoms with van der Waals surface area (Å²) in [5.41, 5.74) is 0.723. The highest BCUT2D eigenvalue weighted by atomic mass is 79.9. The van der Waals surface area contributed by atoms with Crippen LogP contribution in [0, 0.1) is 17.0 Å². The van der Waals surface area contributed by atoms with Crippen molar-refractivity contribution in [2.45, 2.75) is 13.3 Å². The van der Waals surface area contributed by atoms with E-state index < -0.39 is 4.92 Å². The van der Waals surface area contributed by atoms with Gasteiger partial charge in [-0.1, -0.05) is 22.0 Å². The van der Waals surface area contributed by atoms with Crippen LogP contribution in [0.5, 0.6) is 0 Å². The first kappa shape index (κ1) is 13.6. The van der Waals surface area contributed by atoms with Gasteiger partial charge in [0.15, 0.2) is 0 Å². The summed E-state index contributed by atoms with van der Waals surface area (Å²) in [4.78, 5) is 22.0. The molecule has 0 bridgehead atoms. The molecule has 1 N–H and O–H groups in total. The SMILES string of the molecule is Cc1c(C(=O)NCCCBr)cccc1[N+](=O)[O-]. The Morgan fingerprint density at radius 2 is 2.24 bits per heavy atom. The second kappa shape index (κ2) is 6.34. The molecule has 0 aliphatic heterocycles. The van der Waals surface area contributed by atoms with Gasteiger partial charge in [0.25, 0.3) is 11.6 Å². The number of nitro benzene ring substituents is 1. The molecule has 1 aromatic carbocycles. The van der Waals surface area contributed by atoms with Crippen molar-refractivity contribution in [2.75, 3.05) is 11.9 Å². The molecule has 92 valence electrons. The zero-order chi connectivity index (χ0) is 12.8. The number of hydrogen-bond acceptors (Lipinski definition) is 3. The molecular formula is C11H13BrN2O3. The number of carbonyl (C=O) groups is 1. The molecule has 6 heteroatoms. The molecule has 0 spiro atoms. The third-order valence-corrected chi connectivity index (χ3v) is 2.90. The van der Waals surface area contributed by atoms with Crippen LogP contribution in [0.15, 0.2) is 18.2 Å². The zero-order valence-corrected chi connectivity index (χ0v) is 11.0. The van der Waals surface area contributed by atoms with E-state index in [-0.39, 0.29) is 11.6 Å². The molecule has 0 aromatic heterocycles. The Hall–Kier alpha value is -1.43. The minimum Gasteiger partial charge on any atom is -0.352 e. The summed E-state index contributed by atoms with van der Waals surface area (Å²) in [5.74, 6) is -0.271. The van der Waals surface area contributed by atoms with Crippen LogP contribution < -0.4 is 5.32 Å². The number of rotatable bonds is 5. The first-order chi connectivity index (χ1) is 8.07. The lowest BCUT2D eigenvalue weighted by molar-refractivity contribution is -0.385. The summed E-state index contributed by atoms with van der Waals surface area (Å²) < 4.78 is 0. The number of hydrogen-bond donors (Lipinski definition) is 1.